The second-order valence-corrected chi connectivity index (χ2v) is 4.75. The lowest BCUT2D eigenvalue weighted by Crippen LogP contribution is -1.94. The van der Waals surface area contributed by atoms with Crippen LogP contribution in [-0.4, -0.2) is 5.37 Å². The maximum Gasteiger partial charge on any atom is 0.230 e. The molecule has 2 aromatic rings. The molecule has 2 rings (SSSR count). The van der Waals surface area contributed by atoms with Gasteiger partial charge in [-0.1, -0.05) is 48.5 Å². The van der Waals surface area contributed by atoms with Crippen molar-refractivity contribution in [2.24, 2.45) is 0 Å². The van der Waals surface area contributed by atoms with E-state index in [0.717, 1.165) is 0 Å². The third kappa shape index (κ3) is 3.01. The van der Waals surface area contributed by atoms with Gasteiger partial charge in [-0.3, -0.25) is 0 Å². The Morgan fingerprint density at radius 3 is 2.06 bits per heavy atom. The molecule has 1 unspecified atom stereocenters. The summed E-state index contributed by atoms with van der Waals surface area (Å²) in [4.78, 5) is 1.30. The van der Waals surface area contributed by atoms with Gasteiger partial charge in [-0.05, 0) is 12.5 Å². The van der Waals surface area contributed by atoms with Crippen LogP contribution in [0.25, 0.3) is 0 Å². The Morgan fingerprint density at radius 2 is 1.44 bits per heavy atom. The maximum absolute atomic E-state index is 2.28. The zero-order chi connectivity index (χ0) is 11.2. The zero-order valence-electron chi connectivity index (χ0n) is 9.34. The first-order valence-electron chi connectivity index (χ1n) is 5.46. The minimum Gasteiger partial charge on any atom is -0.0622 e. The van der Waals surface area contributed by atoms with E-state index in [0.29, 0.717) is 5.92 Å². The van der Waals surface area contributed by atoms with E-state index >= 15 is 0 Å². The molecule has 1 heteroatoms. The Balaban J connectivity index is 2.08. The first-order valence-corrected chi connectivity index (χ1v) is 6.34. The van der Waals surface area contributed by atoms with Gasteiger partial charge in [0.05, 0.1) is 5.92 Å². The molecule has 16 heavy (non-hydrogen) atoms. The molecule has 0 fully saturated rings. The van der Waals surface area contributed by atoms with Crippen molar-refractivity contribution in [3.63, 3.8) is 0 Å². The van der Waals surface area contributed by atoms with Gasteiger partial charge in [0.2, 0.25) is 16.2 Å². The molecule has 80 valence electrons. The van der Waals surface area contributed by atoms with Crippen molar-refractivity contribution in [1.82, 2.24) is 0 Å². The van der Waals surface area contributed by atoms with Crippen LogP contribution in [0, 0.1) is 0 Å². The van der Waals surface area contributed by atoms with E-state index in [4.69, 9.17) is 0 Å². The molecule has 0 saturated carbocycles. The van der Waals surface area contributed by atoms with E-state index in [2.05, 4.69) is 66.9 Å². The first kappa shape index (κ1) is 11.0. The van der Waals surface area contributed by atoms with E-state index in [-0.39, 0.29) is 0 Å². The van der Waals surface area contributed by atoms with Crippen molar-refractivity contribution >= 4 is 16.7 Å². The Morgan fingerprint density at radius 1 is 0.875 bits per heavy atom. The van der Waals surface area contributed by atoms with Crippen LogP contribution in [0.2, 0.25) is 0 Å². The van der Waals surface area contributed by atoms with Gasteiger partial charge < -0.3 is 0 Å². The van der Waals surface area contributed by atoms with Gasteiger partial charge in [0.25, 0.3) is 0 Å². The Labute approximate surface area is 101 Å². The van der Waals surface area contributed by atoms with E-state index < -0.39 is 0 Å². The molecule has 0 aliphatic carbocycles. The van der Waals surface area contributed by atoms with Crippen LogP contribution in [0.5, 0.6) is 0 Å². The van der Waals surface area contributed by atoms with Crippen LogP contribution in [0.4, 0.5) is 0 Å². The lowest BCUT2D eigenvalue weighted by Gasteiger charge is -2.00. The molecule has 0 N–H and O–H groups in total. The minimum atomic E-state index is 0.478. The molecule has 0 heterocycles. The van der Waals surface area contributed by atoms with Crippen LogP contribution >= 0.6 is 0 Å². The number of benzene rings is 2. The van der Waals surface area contributed by atoms with E-state index in [1.807, 2.05) is 6.07 Å². The number of hydrogen-bond donors (Lipinski definition) is 0. The minimum absolute atomic E-state index is 0.478. The molecule has 0 radical (unpaired) electrons. The fourth-order valence-corrected chi connectivity index (χ4v) is 2.35. The summed E-state index contributed by atoms with van der Waals surface area (Å²) in [7, 11) is 0. The highest BCUT2D eigenvalue weighted by Gasteiger charge is 2.07. The van der Waals surface area contributed by atoms with Gasteiger partial charge in [0.1, 0.15) is 0 Å². The second-order valence-electron chi connectivity index (χ2n) is 3.77. The Bertz CT molecular complexity index is 445. The summed E-state index contributed by atoms with van der Waals surface area (Å²) in [5, 5.41) is 2.28. The molecule has 0 aromatic heterocycles. The summed E-state index contributed by atoms with van der Waals surface area (Å²) in [5.74, 6) is 0.478. The zero-order valence-corrected chi connectivity index (χ0v) is 10.2. The molecule has 0 aliphatic rings. The summed E-state index contributed by atoms with van der Waals surface area (Å²) < 4.78 is 0. The smallest absolute Gasteiger partial charge is 0.0622 e. The van der Waals surface area contributed by atoms with Gasteiger partial charge in [-0.2, -0.15) is 0 Å². The van der Waals surface area contributed by atoms with Crippen LogP contribution in [0.15, 0.2) is 65.6 Å². The predicted molar refractivity (Wildman–Crippen MR) is 73.0 cm³/mol. The van der Waals surface area contributed by atoms with Crippen LogP contribution < -0.4 is 0 Å². The predicted octanol–water partition coefficient (Wildman–Crippen LogP) is 3.73. The fraction of sp³-hybridized carbons (Fsp3) is 0.133. The molecule has 0 aliphatic heterocycles. The molecular weight excluding hydrogens is 212 g/mol. The van der Waals surface area contributed by atoms with Gasteiger partial charge in [0, 0.05) is 12.1 Å². The third-order valence-electron chi connectivity index (χ3n) is 2.48. The molecule has 0 saturated heterocycles. The van der Waals surface area contributed by atoms with Crippen LogP contribution in [0.3, 0.4) is 0 Å². The van der Waals surface area contributed by atoms with Crippen LogP contribution in [-0.2, 0) is 11.4 Å². The summed E-state index contributed by atoms with van der Waals surface area (Å²) in [6.07, 6.45) is 0. The van der Waals surface area contributed by atoms with Crippen LogP contribution in [0.1, 0.15) is 18.4 Å². The van der Waals surface area contributed by atoms with E-state index in [1.165, 1.54) is 10.5 Å². The molecule has 0 nitrogen and oxygen atoms in total. The highest BCUT2D eigenvalue weighted by molar-refractivity contribution is 7.77. The highest BCUT2D eigenvalue weighted by Crippen LogP contribution is 2.12. The van der Waals surface area contributed by atoms with Gasteiger partial charge in [-0.15, -0.1) is 0 Å². The topological polar surface area (TPSA) is 0 Å². The lowest BCUT2D eigenvalue weighted by atomic mass is 10.0. The molecule has 0 bridgehead atoms. The average Bonchev–Trinajstić information content (AvgIpc) is 2.38. The van der Waals surface area contributed by atoms with Crippen molar-refractivity contribution in [1.29, 1.82) is 0 Å². The summed E-state index contributed by atoms with van der Waals surface area (Å²) in [6, 6.07) is 21.1. The van der Waals surface area contributed by atoms with E-state index in [1.54, 1.807) is 11.4 Å². The SMILES string of the molecule is CC(C=[S+]c1ccccc1)c1ccccc1. The molecule has 0 amide bonds. The average molecular weight is 227 g/mol. The Hall–Kier alpha value is -1.47. The van der Waals surface area contributed by atoms with Crippen molar-refractivity contribution in [3.8, 4) is 0 Å². The van der Waals surface area contributed by atoms with Gasteiger partial charge in [0.15, 0.2) is 5.37 Å². The van der Waals surface area contributed by atoms with E-state index in [9.17, 15) is 0 Å². The third-order valence-corrected chi connectivity index (χ3v) is 3.57. The fourth-order valence-electron chi connectivity index (χ4n) is 1.51. The lowest BCUT2D eigenvalue weighted by molar-refractivity contribution is 1.06. The molecule has 0 spiro atoms. The highest BCUT2D eigenvalue weighted by atomic mass is 32.1. The molecular formula is C15H15S+. The normalized spacial score (nSPS) is 12.8. The summed E-state index contributed by atoms with van der Waals surface area (Å²) in [5.41, 5.74) is 1.37. The monoisotopic (exact) mass is 227 g/mol. The van der Waals surface area contributed by atoms with Crippen molar-refractivity contribution in [3.05, 3.63) is 66.2 Å². The number of hydrogen-bond acceptors (Lipinski definition) is 0. The summed E-state index contributed by atoms with van der Waals surface area (Å²) in [6.45, 7) is 2.23. The van der Waals surface area contributed by atoms with Gasteiger partial charge in [-0.25, -0.2) is 0 Å². The second kappa shape index (κ2) is 5.57. The maximum atomic E-state index is 2.28. The van der Waals surface area contributed by atoms with Crippen molar-refractivity contribution in [2.45, 2.75) is 17.7 Å². The molecule has 1 atom stereocenters. The van der Waals surface area contributed by atoms with Gasteiger partial charge >= 0.3 is 0 Å². The number of rotatable bonds is 3. The summed E-state index contributed by atoms with van der Waals surface area (Å²) >= 11 is 1.80. The largest absolute Gasteiger partial charge is 0.230 e. The standard InChI is InChI=1S/C15H15S/c1-13(14-8-4-2-5-9-14)12-16-15-10-6-3-7-11-15/h2-13H,1H3/q+1. The van der Waals surface area contributed by atoms with Crippen molar-refractivity contribution < 1.29 is 0 Å². The quantitative estimate of drug-likeness (QED) is 0.553. The Kier molecular flexibility index (Phi) is 3.84. The molecule has 2 aromatic carbocycles. The first-order chi connectivity index (χ1) is 7.86. The van der Waals surface area contributed by atoms with Crippen molar-refractivity contribution in [2.75, 3.05) is 0 Å².